The number of aromatic nitrogens is 1. The molecule has 0 fully saturated rings. The third kappa shape index (κ3) is 7.67. The number of thiazole rings is 1. The molecule has 0 saturated carbocycles. The summed E-state index contributed by atoms with van der Waals surface area (Å²) in [5, 5.41) is 6.95. The van der Waals surface area contributed by atoms with Crippen LogP contribution in [0.25, 0.3) is 0 Å². The molecule has 7 nitrogen and oxygen atoms in total. The van der Waals surface area contributed by atoms with E-state index in [2.05, 4.69) is 25.3 Å². The zero-order valence-electron chi connectivity index (χ0n) is 16.5. The van der Waals surface area contributed by atoms with Crippen molar-refractivity contribution < 1.29 is 21.6 Å². The second kappa shape index (κ2) is 11.2. The number of hydrogen-bond donors (Lipinski definition) is 3. The lowest BCUT2D eigenvalue weighted by molar-refractivity contribution is -0.140. The quantitative estimate of drug-likeness (QED) is 0.204. The summed E-state index contributed by atoms with van der Waals surface area (Å²) in [5.41, 5.74) is 0.563. The highest BCUT2D eigenvalue weighted by atomic mass is 127. The van der Waals surface area contributed by atoms with Crippen LogP contribution < -0.4 is 15.4 Å². The highest BCUT2D eigenvalue weighted by Crippen LogP contribution is 2.29. The molecule has 1 aromatic carbocycles. The Kier molecular flexibility index (Phi) is 9.97. The number of sulfonamides is 1. The number of halogens is 4. The van der Waals surface area contributed by atoms with Crippen LogP contribution in [0, 0.1) is 13.8 Å². The number of alkyl halides is 3. The van der Waals surface area contributed by atoms with Gasteiger partial charge in [-0.2, -0.15) is 13.2 Å². The van der Waals surface area contributed by atoms with E-state index in [1.807, 2.05) is 13.0 Å². The summed E-state index contributed by atoms with van der Waals surface area (Å²) in [7, 11) is -2.15. The van der Waals surface area contributed by atoms with E-state index in [9.17, 15) is 21.6 Å². The Morgan fingerprint density at radius 2 is 1.90 bits per heavy atom. The molecule has 0 radical (unpaired) electrons. The number of aliphatic imine (C=N–C) groups is 1. The third-order valence-corrected chi connectivity index (χ3v) is 6.27. The van der Waals surface area contributed by atoms with E-state index in [1.54, 1.807) is 19.1 Å². The van der Waals surface area contributed by atoms with Crippen LogP contribution in [-0.4, -0.2) is 39.5 Å². The van der Waals surface area contributed by atoms with E-state index < -0.39 is 21.9 Å². The Morgan fingerprint density at radius 1 is 1.20 bits per heavy atom. The topological polar surface area (TPSA) is 95.5 Å². The molecule has 1 aromatic heterocycles. The Balaban J connectivity index is 0.00000450. The van der Waals surface area contributed by atoms with Gasteiger partial charge in [0, 0.05) is 25.5 Å². The molecule has 0 bridgehead atoms. The minimum Gasteiger partial charge on any atom is -0.355 e. The molecule has 13 heteroatoms. The monoisotopic (exact) mass is 577 g/mol. The minimum atomic E-state index is -4.47. The SMILES string of the molecule is CN=C(NCCNS(=O)(=O)c1cc(C)ccc1C)NCc1nc(C(F)(F)F)cs1.I. The van der Waals surface area contributed by atoms with Gasteiger partial charge >= 0.3 is 6.18 Å². The lowest BCUT2D eigenvalue weighted by Crippen LogP contribution is -2.41. The first-order valence-corrected chi connectivity index (χ1v) is 10.9. The molecule has 0 spiro atoms. The predicted molar refractivity (Wildman–Crippen MR) is 122 cm³/mol. The van der Waals surface area contributed by atoms with Gasteiger partial charge in [0.1, 0.15) is 5.01 Å². The van der Waals surface area contributed by atoms with Gasteiger partial charge in [0.2, 0.25) is 10.0 Å². The summed E-state index contributed by atoms with van der Waals surface area (Å²) in [6, 6.07) is 5.19. The largest absolute Gasteiger partial charge is 0.434 e. The van der Waals surface area contributed by atoms with Crippen LogP contribution in [0.1, 0.15) is 21.8 Å². The van der Waals surface area contributed by atoms with Crippen LogP contribution in [0.3, 0.4) is 0 Å². The fourth-order valence-corrected chi connectivity index (χ4v) is 4.44. The molecular weight excluding hydrogens is 554 g/mol. The lowest BCUT2D eigenvalue weighted by Gasteiger charge is -2.13. The second-order valence-corrected chi connectivity index (χ2v) is 8.82. The number of guanidine groups is 1. The summed E-state index contributed by atoms with van der Waals surface area (Å²) in [6.07, 6.45) is -4.47. The van der Waals surface area contributed by atoms with Crippen LogP contribution >= 0.6 is 35.3 Å². The molecule has 0 atom stereocenters. The standard InChI is InChI=1S/C17H22F3N5O2S2.HI/c1-11-4-5-12(2)13(8-11)29(26,27)24-7-6-22-16(21-3)23-9-15-25-14(10-28-15)17(18,19)20;/h4-5,8,10,24H,6-7,9H2,1-3H3,(H2,21,22,23);1H. The number of rotatable bonds is 7. The van der Waals surface area contributed by atoms with E-state index in [-0.39, 0.29) is 53.5 Å². The predicted octanol–water partition coefficient (Wildman–Crippen LogP) is 3.04. The molecule has 3 N–H and O–H groups in total. The van der Waals surface area contributed by atoms with Crippen LogP contribution in [0.15, 0.2) is 33.5 Å². The normalized spacial score (nSPS) is 12.4. The molecule has 2 rings (SSSR count). The third-order valence-electron chi connectivity index (χ3n) is 3.82. The van der Waals surface area contributed by atoms with E-state index in [0.29, 0.717) is 11.5 Å². The number of aryl methyl sites for hydroxylation is 2. The highest BCUT2D eigenvalue weighted by Gasteiger charge is 2.33. The van der Waals surface area contributed by atoms with E-state index in [1.165, 1.54) is 7.05 Å². The number of nitrogens with one attached hydrogen (secondary N) is 3. The summed E-state index contributed by atoms with van der Waals surface area (Å²) in [6.45, 7) is 3.94. The van der Waals surface area contributed by atoms with Crippen molar-refractivity contribution >= 4 is 51.3 Å². The molecule has 0 aliphatic rings. The molecule has 168 valence electrons. The molecule has 0 amide bonds. The van der Waals surface area contributed by atoms with Crippen LogP contribution in [-0.2, 0) is 22.7 Å². The Labute approximate surface area is 194 Å². The summed E-state index contributed by atoms with van der Waals surface area (Å²) in [4.78, 5) is 7.70. The van der Waals surface area contributed by atoms with Crippen molar-refractivity contribution in [1.29, 1.82) is 0 Å². The second-order valence-electron chi connectivity index (χ2n) is 6.14. The van der Waals surface area contributed by atoms with Gasteiger partial charge < -0.3 is 10.6 Å². The summed E-state index contributed by atoms with van der Waals surface area (Å²) < 4.78 is 65.1. The molecule has 1 heterocycles. The van der Waals surface area contributed by atoms with E-state index >= 15 is 0 Å². The van der Waals surface area contributed by atoms with Crippen molar-refractivity contribution in [3.63, 3.8) is 0 Å². The fraction of sp³-hybridized carbons (Fsp3) is 0.412. The highest BCUT2D eigenvalue weighted by molar-refractivity contribution is 14.0. The summed E-state index contributed by atoms with van der Waals surface area (Å²) in [5.74, 6) is 0.319. The average Bonchev–Trinajstić information content (AvgIpc) is 3.12. The van der Waals surface area contributed by atoms with Crippen LogP contribution in [0.4, 0.5) is 13.2 Å². The first-order chi connectivity index (χ1) is 13.5. The smallest absolute Gasteiger partial charge is 0.355 e. The maximum Gasteiger partial charge on any atom is 0.434 e. The zero-order valence-corrected chi connectivity index (χ0v) is 20.5. The van der Waals surface area contributed by atoms with Crippen molar-refractivity contribution in [2.24, 2.45) is 4.99 Å². The van der Waals surface area contributed by atoms with Crippen LogP contribution in [0.5, 0.6) is 0 Å². The van der Waals surface area contributed by atoms with Gasteiger partial charge in [-0.3, -0.25) is 4.99 Å². The van der Waals surface area contributed by atoms with Gasteiger partial charge in [0.05, 0.1) is 11.4 Å². The molecule has 30 heavy (non-hydrogen) atoms. The van der Waals surface area contributed by atoms with Crippen molar-refractivity contribution in [2.45, 2.75) is 31.5 Å². The average molecular weight is 577 g/mol. The maximum atomic E-state index is 12.6. The van der Waals surface area contributed by atoms with Gasteiger partial charge in [-0.15, -0.1) is 35.3 Å². The number of benzene rings is 1. The van der Waals surface area contributed by atoms with Gasteiger partial charge in [0.25, 0.3) is 0 Å². The Bertz CT molecular complexity index is 978. The molecular formula is C17H23F3IN5O2S2. The van der Waals surface area contributed by atoms with Gasteiger partial charge in [-0.25, -0.2) is 18.1 Å². The van der Waals surface area contributed by atoms with Crippen molar-refractivity contribution in [2.75, 3.05) is 20.1 Å². The Morgan fingerprint density at radius 3 is 2.50 bits per heavy atom. The van der Waals surface area contributed by atoms with E-state index in [4.69, 9.17) is 0 Å². The minimum absolute atomic E-state index is 0. The maximum absolute atomic E-state index is 12.6. The lowest BCUT2D eigenvalue weighted by atomic mass is 10.2. The first-order valence-electron chi connectivity index (χ1n) is 8.56. The zero-order chi connectivity index (χ0) is 21.7. The summed E-state index contributed by atoms with van der Waals surface area (Å²) >= 11 is 0.893. The molecule has 2 aromatic rings. The first kappa shape index (κ1) is 26.6. The van der Waals surface area contributed by atoms with Gasteiger partial charge in [0.15, 0.2) is 11.7 Å². The van der Waals surface area contributed by atoms with E-state index in [0.717, 1.165) is 22.3 Å². The van der Waals surface area contributed by atoms with Crippen molar-refractivity contribution in [3.8, 4) is 0 Å². The Hall–Kier alpha value is -1.45. The van der Waals surface area contributed by atoms with Gasteiger partial charge in [-0.1, -0.05) is 12.1 Å². The van der Waals surface area contributed by atoms with Crippen molar-refractivity contribution in [1.82, 2.24) is 20.3 Å². The molecule has 0 aliphatic carbocycles. The van der Waals surface area contributed by atoms with Crippen molar-refractivity contribution in [3.05, 3.63) is 45.4 Å². The molecule has 0 unspecified atom stereocenters. The van der Waals surface area contributed by atoms with Crippen LogP contribution in [0.2, 0.25) is 0 Å². The number of hydrogen-bond acceptors (Lipinski definition) is 5. The van der Waals surface area contributed by atoms with Gasteiger partial charge in [-0.05, 0) is 31.0 Å². The molecule has 0 aliphatic heterocycles. The fourth-order valence-electron chi connectivity index (χ4n) is 2.34. The molecule has 0 saturated heterocycles. The number of nitrogens with zero attached hydrogens (tertiary/aromatic N) is 2.